The molecule has 104 valence electrons. The molecule has 0 saturated carbocycles. The molecule has 3 N–H and O–H groups in total. The Labute approximate surface area is 107 Å². The molecule has 0 radical (unpaired) electrons. The van der Waals surface area contributed by atoms with E-state index in [9.17, 15) is 9.59 Å². The number of hydrogen-bond acceptors (Lipinski definition) is 3. The molecule has 6 heteroatoms. The highest BCUT2D eigenvalue weighted by atomic mass is 16.5. The first kappa shape index (κ1) is 16.4. The summed E-state index contributed by atoms with van der Waals surface area (Å²) in [5.74, 6) is -0.948. The van der Waals surface area contributed by atoms with Crippen LogP contribution in [0, 0.1) is 0 Å². The summed E-state index contributed by atoms with van der Waals surface area (Å²) in [4.78, 5) is 22.0. The Morgan fingerprint density at radius 1 is 1.50 bits per heavy atom. The fraction of sp³-hybridized carbons (Fsp3) is 0.667. The monoisotopic (exact) mass is 258 g/mol. The molecule has 0 rings (SSSR count). The molecule has 0 aliphatic carbocycles. The van der Waals surface area contributed by atoms with Crippen molar-refractivity contribution in [2.24, 2.45) is 0 Å². The predicted octanol–water partition coefficient (Wildman–Crippen LogP) is 1.13. The van der Waals surface area contributed by atoms with Gasteiger partial charge in [-0.3, -0.25) is 4.79 Å². The second kappa shape index (κ2) is 9.47. The van der Waals surface area contributed by atoms with Crippen LogP contribution in [0.1, 0.15) is 26.7 Å². The summed E-state index contributed by atoms with van der Waals surface area (Å²) in [7, 11) is 0. The number of urea groups is 1. The topological polar surface area (TPSA) is 87.7 Å². The Hall–Kier alpha value is -1.56. The molecular formula is C12H22N2O4. The Morgan fingerprint density at radius 3 is 2.67 bits per heavy atom. The lowest BCUT2D eigenvalue weighted by Gasteiger charge is -2.17. The number of ether oxygens (including phenoxy) is 1. The van der Waals surface area contributed by atoms with E-state index in [1.165, 1.54) is 0 Å². The average Bonchev–Trinajstić information content (AvgIpc) is 2.25. The van der Waals surface area contributed by atoms with E-state index in [0.29, 0.717) is 13.0 Å². The lowest BCUT2D eigenvalue weighted by molar-refractivity contribution is -0.140. The smallest absolute Gasteiger partial charge is 0.315 e. The van der Waals surface area contributed by atoms with E-state index < -0.39 is 12.1 Å². The highest BCUT2D eigenvalue weighted by Gasteiger charge is 2.14. The van der Waals surface area contributed by atoms with E-state index in [4.69, 9.17) is 9.84 Å². The molecule has 0 aromatic rings. The molecule has 0 fully saturated rings. The largest absolute Gasteiger partial charge is 0.481 e. The van der Waals surface area contributed by atoms with Crippen molar-refractivity contribution >= 4 is 12.0 Å². The summed E-state index contributed by atoms with van der Waals surface area (Å²) in [6.07, 6.45) is 1.76. The second-order valence-electron chi connectivity index (χ2n) is 3.96. The van der Waals surface area contributed by atoms with Gasteiger partial charge in [0.1, 0.15) is 0 Å². The maximum absolute atomic E-state index is 11.5. The van der Waals surface area contributed by atoms with Crippen molar-refractivity contribution in [2.45, 2.75) is 38.8 Å². The van der Waals surface area contributed by atoms with Gasteiger partial charge in [-0.1, -0.05) is 6.08 Å². The van der Waals surface area contributed by atoms with Crippen LogP contribution in [0.5, 0.6) is 0 Å². The van der Waals surface area contributed by atoms with Crippen LogP contribution < -0.4 is 10.6 Å². The van der Waals surface area contributed by atoms with Crippen molar-refractivity contribution < 1.29 is 19.4 Å². The summed E-state index contributed by atoms with van der Waals surface area (Å²) in [6.45, 7) is 7.80. The molecule has 0 spiro atoms. The van der Waals surface area contributed by atoms with Crippen molar-refractivity contribution in [1.29, 1.82) is 0 Å². The molecule has 6 nitrogen and oxygen atoms in total. The van der Waals surface area contributed by atoms with Crippen LogP contribution in [0.4, 0.5) is 4.79 Å². The predicted molar refractivity (Wildman–Crippen MR) is 68.5 cm³/mol. The molecule has 0 aliphatic heterocycles. The highest BCUT2D eigenvalue weighted by Crippen LogP contribution is 1.97. The SMILES string of the molecule is C=CCC(C)NC(=O)NCC(CC(=O)O)OCC. The molecule has 0 aromatic heterocycles. The lowest BCUT2D eigenvalue weighted by Crippen LogP contribution is -2.44. The molecule has 2 amide bonds. The number of carboxylic acids is 1. The van der Waals surface area contributed by atoms with Gasteiger partial charge in [0.15, 0.2) is 0 Å². The van der Waals surface area contributed by atoms with Crippen molar-refractivity contribution in [3.8, 4) is 0 Å². The van der Waals surface area contributed by atoms with Gasteiger partial charge in [-0.15, -0.1) is 6.58 Å². The molecule has 18 heavy (non-hydrogen) atoms. The van der Waals surface area contributed by atoms with Gasteiger partial charge in [0.05, 0.1) is 12.5 Å². The summed E-state index contributed by atoms with van der Waals surface area (Å²) in [6, 6.07) is -0.341. The fourth-order valence-corrected chi connectivity index (χ4v) is 1.41. The molecule has 0 aromatic carbocycles. The zero-order valence-electron chi connectivity index (χ0n) is 10.9. The molecule has 0 heterocycles. The van der Waals surface area contributed by atoms with E-state index in [-0.39, 0.29) is 25.0 Å². The highest BCUT2D eigenvalue weighted by molar-refractivity contribution is 5.74. The quantitative estimate of drug-likeness (QED) is 0.541. The number of aliphatic carboxylic acids is 1. The van der Waals surface area contributed by atoms with E-state index in [1.54, 1.807) is 13.0 Å². The standard InChI is InChI=1S/C12H22N2O4/c1-4-6-9(3)14-12(17)13-8-10(18-5-2)7-11(15)16/h4,9-10H,1,5-8H2,2-3H3,(H,15,16)(H2,13,14,17). The number of rotatable bonds is 9. The Morgan fingerprint density at radius 2 is 2.17 bits per heavy atom. The minimum absolute atomic E-state index is 0.00693. The van der Waals surface area contributed by atoms with Crippen LogP contribution in [-0.2, 0) is 9.53 Å². The number of carbonyl (C=O) groups is 2. The van der Waals surface area contributed by atoms with Crippen LogP contribution in [0.2, 0.25) is 0 Å². The van der Waals surface area contributed by atoms with Crippen molar-refractivity contribution in [3.05, 3.63) is 12.7 Å². The maximum Gasteiger partial charge on any atom is 0.315 e. The van der Waals surface area contributed by atoms with Crippen LogP contribution in [0.3, 0.4) is 0 Å². The van der Waals surface area contributed by atoms with Crippen molar-refractivity contribution in [3.63, 3.8) is 0 Å². The van der Waals surface area contributed by atoms with Gasteiger partial charge in [-0.05, 0) is 20.3 Å². The molecular weight excluding hydrogens is 236 g/mol. The number of carbonyl (C=O) groups excluding carboxylic acids is 1. The Bertz CT molecular complexity index is 281. The first-order chi connectivity index (χ1) is 8.49. The Balaban J connectivity index is 3.98. The van der Waals surface area contributed by atoms with Crippen LogP contribution >= 0.6 is 0 Å². The summed E-state index contributed by atoms with van der Waals surface area (Å²) >= 11 is 0. The van der Waals surface area contributed by atoms with Crippen molar-refractivity contribution in [2.75, 3.05) is 13.2 Å². The maximum atomic E-state index is 11.5. The lowest BCUT2D eigenvalue weighted by atomic mass is 10.2. The molecule has 0 bridgehead atoms. The van der Waals surface area contributed by atoms with Crippen LogP contribution in [0.25, 0.3) is 0 Å². The summed E-state index contributed by atoms with van der Waals surface area (Å²) in [5.41, 5.74) is 0. The summed E-state index contributed by atoms with van der Waals surface area (Å²) < 4.78 is 5.22. The van der Waals surface area contributed by atoms with E-state index in [0.717, 1.165) is 0 Å². The number of hydrogen-bond donors (Lipinski definition) is 3. The molecule has 0 saturated heterocycles. The normalized spacial score (nSPS) is 13.4. The number of amides is 2. The minimum atomic E-state index is -0.948. The van der Waals surface area contributed by atoms with Gasteiger partial charge in [-0.25, -0.2) is 4.79 Å². The van der Waals surface area contributed by atoms with Gasteiger partial charge < -0.3 is 20.5 Å². The fourth-order valence-electron chi connectivity index (χ4n) is 1.41. The van der Waals surface area contributed by atoms with Gasteiger partial charge in [0.25, 0.3) is 0 Å². The third-order valence-corrected chi connectivity index (χ3v) is 2.19. The number of carboxylic acid groups (broad SMARTS) is 1. The third-order valence-electron chi connectivity index (χ3n) is 2.19. The third kappa shape index (κ3) is 8.58. The van der Waals surface area contributed by atoms with E-state index in [1.807, 2.05) is 6.92 Å². The van der Waals surface area contributed by atoms with Crippen LogP contribution in [0.15, 0.2) is 12.7 Å². The van der Waals surface area contributed by atoms with E-state index >= 15 is 0 Å². The minimum Gasteiger partial charge on any atom is -0.481 e. The summed E-state index contributed by atoms with van der Waals surface area (Å²) in [5, 5.41) is 14.0. The first-order valence-corrected chi connectivity index (χ1v) is 5.98. The molecule has 2 unspecified atom stereocenters. The van der Waals surface area contributed by atoms with Gasteiger partial charge in [0.2, 0.25) is 0 Å². The zero-order chi connectivity index (χ0) is 14.0. The second-order valence-corrected chi connectivity index (χ2v) is 3.96. The number of nitrogens with one attached hydrogen (secondary N) is 2. The van der Waals surface area contributed by atoms with Crippen LogP contribution in [-0.4, -0.2) is 42.4 Å². The first-order valence-electron chi connectivity index (χ1n) is 5.98. The van der Waals surface area contributed by atoms with Gasteiger partial charge in [-0.2, -0.15) is 0 Å². The molecule has 2 atom stereocenters. The van der Waals surface area contributed by atoms with E-state index in [2.05, 4.69) is 17.2 Å². The Kier molecular flexibility index (Phi) is 8.65. The van der Waals surface area contributed by atoms with Gasteiger partial charge in [0, 0.05) is 19.2 Å². The molecule has 0 aliphatic rings. The van der Waals surface area contributed by atoms with Crippen molar-refractivity contribution in [1.82, 2.24) is 10.6 Å². The average molecular weight is 258 g/mol. The zero-order valence-corrected chi connectivity index (χ0v) is 10.9. The van der Waals surface area contributed by atoms with Gasteiger partial charge >= 0.3 is 12.0 Å².